The first kappa shape index (κ1) is 23.8. The Morgan fingerprint density at radius 1 is 1.03 bits per heavy atom. The van der Waals surface area contributed by atoms with E-state index in [1.165, 1.54) is 19.1 Å². The van der Waals surface area contributed by atoms with Crippen molar-refractivity contribution >= 4 is 17.4 Å². The van der Waals surface area contributed by atoms with Crippen LogP contribution in [0.2, 0.25) is 0 Å². The van der Waals surface area contributed by atoms with Crippen molar-refractivity contribution < 1.29 is 28.9 Å². The van der Waals surface area contributed by atoms with Gasteiger partial charge in [0.2, 0.25) is 0 Å². The molecule has 2 heterocycles. The molecule has 0 aromatic heterocycles. The fraction of sp³-hybridized carbons (Fsp3) is 0.385. The molecule has 0 unspecified atom stereocenters. The van der Waals surface area contributed by atoms with E-state index in [9.17, 15) is 14.7 Å². The van der Waals surface area contributed by atoms with Gasteiger partial charge in [-0.05, 0) is 13.0 Å². The van der Waals surface area contributed by atoms with E-state index in [2.05, 4.69) is 4.90 Å². The van der Waals surface area contributed by atoms with E-state index in [1.807, 2.05) is 19.1 Å². The quantitative estimate of drug-likeness (QED) is 0.381. The summed E-state index contributed by atoms with van der Waals surface area (Å²) in [6.45, 7) is 5.65. The number of carbonyl (C=O) groups is 2. The van der Waals surface area contributed by atoms with Gasteiger partial charge in [0.25, 0.3) is 11.7 Å². The molecule has 0 spiro atoms. The topological polar surface area (TPSA) is 88.5 Å². The molecule has 2 aromatic rings. The van der Waals surface area contributed by atoms with Crippen molar-refractivity contribution in [3.8, 4) is 11.5 Å². The molecule has 0 saturated carbocycles. The van der Waals surface area contributed by atoms with E-state index < -0.39 is 17.7 Å². The summed E-state index contributed by atoms with van der Waals surface area (Å²) in [5, 5.41) is 11.2. The summed E-state index contributed by atoms with van der Waals surface area (Å²) in [5.74, 6) is -0.661. The number of aliphatic hydroxyl groups excluding tert-OH is 1. The summed E-state index contributed by atoms with van der Waals surface area (Å²) >= 11 is 0. The van der Waals surface area contributed by atoms with E-state index in [1.54, 1.807) is 30.3 Å². The summed E-state index contributed by atoms with van der Waals surface area (Å²) < 4.78 is 16.5. The fourth-order valence-electron chi connectivity index (χ4n) is 4.50. The van der Waals surface area contributed by atoms with Gasteiger partial charge in [-0.1, -0.05) is 42.0 Å². The second-order valence-corrected chi connectivity index (χ2v) is 8.40. The van der Waals surface area contributed by atoms with Crippen molar-refractivity contribution in [2.75, 3.05) is 53.6 Å². The molecular formula is C26H30N2O6. The molecular weight excluding hydrogens is 436 g/mol. The lowest BCUT2D eigenvalue weighted by atomic mass is 9.94. The van der Waals surface area contributed by atoms with Crippen LogP contribution in [0.1, 0.15) is 22.7 Å². The summed E-state index contributed by atoms with van der Waals surface area (Å²) in [6, 6.07) is 11.7. The highest BCUT2D eigenvalue weighted by molar-refractivity contribution is 6.46. The standard InChI is InChI=1S/C26H30N2O6/c1-17-7-9-18(10-8-17)23(29)21-22(19-5-4-6-20(32-2)25(19)33-3)28(26(31)24(21)30)12-11-27-13-15-34-16-14-27/h4-10,22,29H,11-16H2,1-3H3/t22-/m0/s1. The molecule has 0 bridgehead atoms. The van der Waals surface area contributed by atoms with Crippen molar-refractivity contribution in [2.45, 2.75) is 13.0 Å². The van der Waals surface area contributed by atoms with E-state index >= 15 is 0 Å². The van der Waals surface area contributed by atoms with Gasteiger partial charge in [0.05, 0.1) is 39.0 Å². The average molecular weight is 467 g/mol. The van der Waals surface area contributed by atoms with Crippen molar-refractivity contribution in [3.05, 3.63) is 64.7 Å². The molecule has 180 valence electrons. The maximum atomic E-state index is 13.3. The van der Waals surface area contributed by atoms with Gasteiger partial charge in [-0.3, -0.25) is 14.5 Å². The number of ketones is 1. The van der Waals surface area contributed by atoms with Gasteiger partial charge in [0, 0.05) is 37.3 Å². The third-order valence-electron chi connectivity index (χ3n) is 6.35. The van der Waals surface area contributed by atoms with Crippen molar-refractivity contribution in [2.24, 2.45) is 0 Å². The van der Waals surface area contributed by atoms with Gasteiger partial charge < -0.3 is 24.2 Å². The molecule has 2 aliphatic rings. The summed E-state index contributed by atoms with van der Waals surface area (Å²) in [6.07, 6.45) is 0. The lowest BCUT2D eigenvalue weighted by Gasteiger charge is -2.31. The molecule has 8 nitrogen and oxygen atoms in total. The van der Waals surface area contributed by atoms with E-state index in [-0.39, 0.29) is 11.3 Å². The number of likely N-dealkylation sites (tertiary alicyclic amines) is 1. The number of morpholine rings is 1. The number of benzene rings is 2. The second kappa shape index (κ2) is 10.3. The smallest absolute Gasteiger partial charge is 0.295 e. The van der Waals surface area contributed by atoms with Gasteiger partial charge in [-0.2, -0.15) is 0 Å². The minimum atomic E-state index is -0.813. The molecule has 4 rings (SSSR count). The number of rotatable bonds is 7. The predicted octanol–water partition coefficient (Wildman–Crippen LogP) is 2.77. The lowest BCUT2D eigenvalue weighted by Crippen LogP contribution is -2.42. The van der Waals surface area contributed by atoms with Crippen LogP contribution in [0.5, 0.6) is 11.5 Å². The number of nitrogens with zero attached hydrogens (tertiary/aromatic N) is 2. The molecule has 0 radical (unpaired) electrons. The predicted molar refractivity (Wildman–Crippen MR) is 127 cm³/mol. The molecule has 2 aliphatic heterocycles. The van der Waals surface area contributed by atoms with Crippen molar-refractivity contribution in [1.29, 1.82) is 0 Å². The molecule has 1 amide bonds. The summed E-state index contributed by atoms with van der Waals surface area (Å²) in [4.78, 5) is 30.2. The maximum absolute atomic E-state index is 13.3. The van der Waals surface area contributed by atoms with Crippen molar-refractivity contribution in [1.82, 2.24) is 9.80 Å². The molecule has 34 heavy (non-hydrogen) atoms. The molecule has 1 N–H and O–H groups in total. The van der Waals surface area contributed by atoms with Crippen LogP contribution in [-0.4, -0.2) is 80.2 Å². The highest BCUT2D eigenvalue weighted by atomic mass is 16.5. The Kier molecular flexibility index (Phi) is 7.19. The first-order valence-corrected chi connectivity index (χ1v) is 11.3. The first-order chi connectivity index (χ1) is 16.5. The van der Waals surface area contributed by atoms with Crippen LogP contribution in [0, 0.1) is 6.92 Å². The number of amides is 1. The highest BCUT2D eigenvalue weighted by Gasteiger charge is 2.47. The zero-order chi connectivity index (χ0) is 24.2. The molecule has 0 aliphatic carbocycles. The Balaban J connectivity index is 1.81. The number of hydrogen-bond donors (Lipinski definition) is 1. The van der Waals surface area contributed by atoms with E-state index in [0.29, 0.717) is 48.9 Å². The van der Waals surface area contributed by atoms with Gasteiger partial charge in [0.1, 0.15) is 5.76 Å². The Morgan fingerprint density at radius 2 is 1.74 bits per heavy atom. The molecule has 1 atom stereocenters. The number of carbonyl (C=O) groups excluding carboxylic acids is 2. The minimum Gasteiger partial charge on any atom is -0.507 e. The number of Topliss-reactive ketones (excluding diaryl/α,β-unsaturated/α-hetero) is 1. The van der Waals surface area contributed by atoms with Crippen LogP contribution in [-0.2, 0) is 14.3 Å². The van der Waals surface area contributed by atoms with Gasteiger partial charge in [0.15, 0.2) is 11.5 Å². The SMILES string of the molecule is COc1cccc([C@H]2C(=C(O)c3ccc(C)cc3)C(=O)C(=O)N2CCN2CCOCC2)c1OC. The first-order valence-electron chi connectivity index (χ1n) is 11.3. The van der Waals surface area contributed by atoms with Crippen LogP contribution in [0.15, 0.2) is 48.0 Å². The van der Waals surface area contributed by atoms with E-state index in [0.717, 1.165) is 18.7 Å². The Labute approximate surface area is 199 Å². The van der Waals surface area contributed by atoms with Crippen LogP contribution in [0.4, 0.5) is 0 Å². The zero-order valence-electron chi connectivity index (χ0n) is 19.7. The average Bonchev–Trinajstić information content (AvgIpc) is 3.12. The van der Waals surface area contributed by atoms with Gasteiger partial charge >= 0.3 is 0 Å². The highest BCUT2D eigenvalue weighted by Crippen LogP contribution is 2.45. The molecule has 2 saturated heterocycles. The minimum absolute atomic E-state index is 0.0439. The van der Waals surface area contributed by atoms with Crippen LogP contribution < -0.4 is 9.47 Å². The van der Waals surface area contributed by atoms with Crippen LogP contribution in [0.3, 0.4) is 0 Å². The zero-order valence-corrected chi connectivity index (χ0v) is 19.7. The number of aliphatic hydroxyl groups is 1. The third kappa shape index (κ3) is 4.51. The number of aryl methyl sites for hydroxylation is 1. The fourth-order valence-corrected chi connectivity index (χ4v) is 4.50. The monoisotopic (exact) mass is 466 g/mol. The maximum Gasteiger partial charge on any atom is 0.295 e. The molecule has 2 fully saturated rings. The number of hydrogen-bond acceptors (Lipinski definition) is 7. The largest absolute Gasteiger partial charge is 0.507 e. The van der Waals surface area contributed by atoms with Crippen LogP contribution in [0.25, 0.3) is 5.76 Å². The van der Waals surface area contributed by atoms with Crippen molar-refractivity contribution in [3.63, 3.8) is 0 Å². The normalized spacial score (nSPS) is 20.6. The van der Waals surface area contributed by atoms with Gasteiger partial charge in [-0.25, -0.2) is 0 Å². The lowest BCUT2D eigenvalue weighted by molar-refractivity contribution is -0.140. The third-order valence-corrected chi connectivity index (χ3v) is 6.35. The second-order valence-electron chi connectivity index (χ2n) is 8.40. The summed E-state index contributed by atoms with van der Waals surface area (Å²) in [7, 11) is 3.05. The van der Waals surface area contributed by atoms with Gasteiger partial charge in [-0.15, -0.1) is 0 Å². The Morgan fingerprint density at radius 3 is 2.38 bits per heavy atom. The molecule has 8 heteroatoms. The number of methoxy groups -OCH3 is 2. The number of ether oxygens (including phenoxy) is 3. The van der Waals surface area contributed by atoms with E-state index in [4.69, 9.17) is 14.2 Å². The number of para-hydroxylation sites is 1. The molecule has 2 aromatic carbocycles. The Bertz CT molecular complexity index is 1090. The Hall–Kier alpha value is -3.36. The van der Waals surface area contributed by atoms with Crippen LogP contribution >= 0.6 is 0 Å². The summed E-state index contributed by atoms with van der Waals surface area (Å²) in [5.41, 5.74) is 2.12.